The average Bonchev–Trinajstić information content (AvgIpc) is 2.73. The maximum atomic E-state index is 11.7. The van der Waals surface area contributed by atoms with Gasteiger partial charge in [0.05, 0.1) is 6.61 Å². The Labute approximate surface area is 176 Å². The Morgan fingerprint density at radius 2 is 1.31 bits per heavy atom. The zero-order valence-corrected chi connectivity index (χ0v) is 18.0. The van der Waals surface area contributed by atoms with Gasteiger partial charge in [-0.25, -0.2) is 4.98 Å². The lowest BCUT2D eigenvalue weighted by molar-refractivity contribution is 0.303. The number of aliphatic hydroxyl groups is 1. The number of nitrogens with zero attached hydrogens (tertiary/aromatic N) is 4. The van der Waals surface area contributed by atoms with E-state index in [1.807, 2.05) is 24.3 Å². The van der Waals surface area contributed by atoms with Crippen LogP contribution < -0.4 is 4.90 Å². The van der Waals surface area contributed by atoms with Gasteiger partial charge in [0.2, 0.25) is 5.95 Å². The van der Waals surface area contributed by atoms with Crippen molar-refractivity contribution in [2.24, 2.45) is 0 Å². The first-order valence-electron chi connectivity index (χ1n) is 8.85. The summed E-state index contributed by atoms with van der Waals surface area (Å²) in [6.45, 7) is 0.356. The molecule has 0 fully saturated rings. The minimum Gasteiger partial charge on any atom is -0.612 e. The van der Waals surface area contributed by atoms with Crippen LogP contribution in [-0.4, -0.2) is 62.1 Å². The predicted octanol–water partition coefficient (Wildman–Crippen LogP) is 2.11. The second-order valence-corrected chi connectivity index (χ2v) is 9.17. The topological polar surface area (TPSA) is 108 Å². The summed E-state index contributed by atoms with van der Waals surface area (Å²) >= 11 is -2.14. The van der Waals surface area contributed by atoms with Gasteiger partial charge in [-0.05, 0) is 70.9 Å². The van der Waals surface area contributed by atoms with Crippen LogP contribution in [0.1, 0.15) is 0 Å². The maximum Gasteiger partial charge on any atom is 0.245 e. The quantitative estimate of drug-likeness (QED) is 0.572. The van der Waals surface area contributed by atoms with Crippen LogP contribution in [0, 0.1) is 0 Å². The van der Waals surface area contributed by atoms with Crippen molar-refractivity contribution in [2.75, 3.05) is 37.6 Å². The Bertz CT molecular complexity index is 951. The number of hydrogen-bond acceptors (Lipinski definition) is 7. The lowest BCUT2D eigenvalue weighted by atomic mass is 10.0. The van der Waals surface area contributed by atoms with Crippen molar-refractivity contribution in [1.29, 1.82) is 0 Å². The highest BCUT2D eigenvalue weighted by atomic mass is 32.2. The van der Waals surface area contributed by atoms with Gasteiger partial charge in [-0.3, -0.25) is 0 Å². The average molecular weight is 431 g/mol. The van der Waals surface area contributed by atoms with Crippen LogP contribution in [0.2, 0.25) is 0 Å². The SMILES string of the molecule is CN(CCO)c1nnc(-c2ccc([S+](C)[O-])cc2)c(-c2ccc([S+](C)[O-])cc2)n1. The number of likely N-dealkylation sites (N-methyl/N-ethyl adjacent to an activating group) is 1. The molecule has 0 radical (unpaired) electrons. The van der Waals surface area contributed by atoms with E-state index in [0.29, 0.717) is 23.9 Å². The zero-order valence-electron chi connectivity index (χ0n) is 16.4. The van der Waals surface area contributed by atoms with Gasteiger partial charge in [0.1, 0.15) is 23.9 Å². The lowest BCUT2D eigenvalue weighted by Crippen LogP contribution is -2.24. The van der Waals surface area contributed by atoms with Crippen molar-refractivity contribution < 1.29 is 14.2 Å². The minimum absolute atomic E-state index is 0.0242. The molecule has 3 rings (SSSR count). The van der Waals surface area contributed by atoms with E-state index in [0.717, 1.165) is 20.9 Å². The summed E-state index contributed by atoms with van der Waals surface area (Å²) in [5.74, 6) is 0.396. The molecule has 0 amide bonds. The summed E-state index contributed by atoms with van der Waals surface area (Å²) in [5, 5.41) is 17.8. The zero-order chi connectivity index (χ0) is 21.0. The van der Waals surface area contributed by atoms with Crippen LogP contribution in [-0.2, 0) is 22.4 Å². The van der Waals surface area contributed by atoms with E-state index in [-0.39, 0.29) is 6.61 Å². The molecule has 0 aliphatic heterocycles. The molecule has 152 valence electrons. The molecule has 1 heterocycles. The summed E-state index contributed by atoms with van der Waals surface area (Å²) in [6, 6.07) is 14.6. The van der Waals surface area contributed by atoms with Crippen molar-refractivity contribution in [3.63, 3.8) is 0 Å². The van der Waals surface area contributed by atoms with Crippen molar-refractivity contribution in [3.8, 4) is 22.5 Å². The summed E-state index contributed by atoms with van der Waals surface area (Å²) in [4.78, 5) is 7.85. The Morgan fingerprint density at radius 1 is 0.828 bits per heavy atom. The van der Waals surface area contributed by atoms with E-state index in [1.165, 1.54) is 0 Å². The molecule has 0 aliphatic carbocycles. The Morgan fingerprint density at radius 3 is 1.76 bits per heavy atom. The lowest BCUT2D eigenvalue weighted by Gasteiger charge is -2.17. The van der Waals surface area contributed by atoms with E-state index >= 15 is 0 Å². The van der Waals surface area contributed by atoms with Gasteiger partial charge in [0.15, 0.2) is 9.79 Å². The highest BCUT2D eigenvalue weighted by Crippen LogP contribution is 2.30. The van der Waals surface area contributed by atoms with E-state index < -0.39 is 22.4 Å². The fourth-order valence-electron chi connectivity index (χ4n) is 2.73. The Kier molecular flexibility index (Phi) is 7.09. The number of anilines is 1. The molecule has 7 nitrogen and oxygen atoms in total. The van der Waals surface area contributed by atoms with Crippen LogP contribution in [0.3, 0.4) is 0 Å². The molecule has 2 atom stereocenters. The molecule has 9 heteroatoms. The summed E-state index contributed by atoms with van der Waals surface area (Å²) in [6.07, 6.45) is 3.26. The second kappa shape index (κ2) is 9.55. The molecule has 29 heavy (non-hydrogen) atoms. The van der Waals surface area contributed by atoms with E-state index in [2.05, 4.69) is 15.2 Å². The number of hydrogen-bond donors (Lipinski definition) is 1. The second-order valence-electron chi connectivity index (χ2n) is 6.41. The van der Waals surface area contributed by atoms with Crippen molar-refractivity contribution in [2.45, 2.75) is 9.79 Å². The van der Waals surface area contributed by atoms with Gasteiger partial charge in [-0.15, -0.1) is 10.2 Å². The molecule has 0 bridgehead atoms. The van der Waals surface area contributed by atoms with Crippen LogP contribution in [0.5, 0.6) is 0 Å². The molecule has 0 saturated carbocycles. The molecule has 0 aliphatic rings. The fraction of sp³-hybridized carbons (Fsp3) is 0.250. The van der Waals surface area contributed by atoms with Crippen molar-refractivity contribution in [3.05, 3.63) is 48.5 Å². The van der Waals surface area contributed by atoms with Gasteiger partial charge >= 0.3 is 0 Å². The highest BCUT2D eigenvalue weighted by Gasteiger charge is 2.17. The van der Waals surface area contributed by atoms with Crippen LogP contribution >= 0.6 is 0 Å². The largest absolute Gasteiger partial charge is 0.612 e. The maximum absolute atomic E-state index is 11.7. The fourth-order valence-corrected chi connectivity index (χ4v) is 3.77. The van der Waals surface area contributed by atoms with Crippen LogP contribution in [0.15, 0.2) is 58.3 Å². The number of aromatic nitrogens is 3. The Hall–Kier alpha value is -2.17. The summed E-state index contributed by atoms with van der Waals surface area (Å²) < 4.78 is 23.4. The van der Waals surface area contributed by atoms with Gasteiger partial charge in [-0.2, -0.15) is 0 Å². The van der Waals surface area contributed by atoms with Crippen LogP contribution in [0.4, 0.5) is 5.95 Å². The van der Waals surface area contributed by atoms with E-state index in [1.54, 1.807) is 48.7 Å². The molecule has 0 spiro atoms. The number of rotatable bonds is 7. The van der Waals surface area contributed by atoms with E-state index in [4.69, 9.17) is 0 Å². The molecule has 3 aromatic rings. The van der Waals surface area contributed by atoms with Crippen molar-refractivity contribution >= 4 is 28.3 Å². The summed E-state index contributed by atoms with van der Waals surface area (Å²) in [7, 11) is 1.78. The molecule has 0 saturated heterocycles. The normalized spacial score (nSPS) is 13.2. The molecule has 2 aromatic carbocycles. The molecular formula is C20H22N4O3S2. The Balaban J connectivity index is 2.09. The standard InChI is InChI=1S/C20H22N4O3S2/c1-24(12-13-25)20-21-18(14-4-8-16(9-5-14)28(2)26)19(22-23-20)15-6-10-17(11-7-15)29(3)27/h4-11,25H,12-13H2,1-3H3. The molecule has 1 aromatic heterocycles. The first kappa shape index (κ1) is 21.5. The van der Waals surface area contributed by atoms with Gasteiger partial charge in [0.25, 0.3) is 0 Å². The predicted molar refractivity (Wildman–Crippen MR) is 116 cm³/mol. The number of aliphatic hydroxyl groups excluding tert-OH is 1. The summed E-state index contributed by atoms with van der Waals surface area (Å²) in [5.41, 5.74) is 2.82. The third-order valence-corrected chi connectivity index (χ3v) is 6.24. The highest BCUT2D eigenvalue weighted by molar-refractivity contribution is 7.91. The molecule has 2 unspecified atom stereocenters. The monoisotopic (exact) mass is 430 g/mol. The van der Waals surface area contributed by atoms with Gasteiger partial charge in [-0.1, -0.05) is 0 Å². The van der Waals surface area contributed by atoms with Gasteiger partial charge < -0.3 is 19.1 Å². The minimum atomic E-state index is -1.07. The van der Waals surface area contributed by atoms with Crippen molar-refractivity contribution in [1.82, 2.24) is 15.2 Å². The third kappa shape index (κ3) is 5.06. The first-order chi connectivity index (χ1) is 13.9. The molecular weight excluding hydrogens is 408 g/mol. The molecule has 1 N–H and O–H groups in total. The number of benzene rings is 2. The van der Waals surface area contributed by atoms with Gasteiger partial charge in [0, 0.05) is 24.7 Å². The van der Waals surface area contributed by atoms with Crippen LogP contribution in [0.25, 0.3) is 22.5 Å². The first-order valence-corrected chi connectivity index (χ1v) is 12.0. The third-order valence-electron chi connectivity index (χ3n) is 4.37. The smallest absolute Gasteiger partial charge is 0.245 e. The van der Waals surface area contributed by atoms with E-state index in [9.17, 15) is 14.2 Å².